The highest BCUT2D eigenvalue weighted by Crippen LogP contribution is 2.31. The number of allylic oxidation sites excluding steroid dienone is 1. The molecule has 0 radical (unpaired) electrons. The zero-order valence-corrected chi connectivity index (χ0v) is 20.5. The van der Waals surface area contributed by atoms with E-state index in [4.69, 9.17) is 9.47 Å². The van der Waals surface area contributed by atoms with Gasteiger partial charge in [-0.25, -0.2) is 9.79 Å². The van der Waals surface area contributed by atoms with Crippen LogP contribution in [0.5, 0.6) is 11.5 Å². The van der Waals surface area contributed by atoms with Crippen LogP contribution in [0.1, 0.15) is 49.4 Å². The van der Waals surface area contributed by atoms with Gasteiger partial charge in [-0.05, 0) is 47.7 Å². The number of methoxy groups -OCH3 is 2. The summed E-state index contributed by atoms with van der Waals surface area (Å²) in [5, 5.41) is 10.1. The molecule has 4 rings (SSSR count). The average molecular weight is 479 g/mol. The molecule has 0 spiro atoms. The molecule has 1 aliphatic heterocycles. The number of nitrogens with zero attached hydrogens (tertiary/aromatic N) is 2. The molecule has 1 aliphatic rings. The first-order valence-electron chi connectivity index (χ1n) is 10.8. The van der Waals surface area contributed by atoms with Gasteiger partial charge in [-0.1, -0.05) is 55.5 Å². The number of phenolic OH excluding ortho intramolecular Hbond substituents is 1. The van der Waals surface area contributed by atoms with Crippen molar-refractivity contribution in [1.82, 2.24) is 4.57 Å². The molecule has 7 nitrogen and oxygen atoms in total. The summed E-state index contributed by atoms with van der Waals surface area (Å²) in [6, 6.07) is 12.2. The fraction of sp³-hybridized carbons (Fsp3) is 0.269. The van der Waals surface area contributed by atoms with Crippen molar-refractivity contribution in [3.63, 3.8) is 0 Å². The molecule has 1 N–H and O–H groups in total. The third-order valence-corrected chi connectivity index (χ3v) is 6.83. The van der Waals surface area contributed by atoms with Gasteiger partial charge in [0.2, 0.25) is 0 Å². The number of benzene rings is 2. The number of aromatic nitrogens is 1. The van der Waals surface area contributed by atoms with Crippen LogP contribution in [-0.4, -0.2) is 29.9 Å². The fourth-order valence-electron chi connectivity index (χ4n) is 4.02. The van der Waals surface area contributed by atoms with Gasteiger partial charge in [0, 0.05) is 0 Å². The van der Waals surface area contributed by atoms with Crippen molar-refractivity contribution in [2.45, 2.75) is 32.7 Å². The molecule has 1 aromatic heterocycles. The Hall–Kier alpha value is -3.65. The summed E-state index contributed by atoms with van der Waals surface area (Å²) in [7, 11) is 2.80. The van der Waals surface area contributed by atoms with E-state index in [-0.39, 0.29) is 11.3 Å². The van der Waals surface area contributed by atoms with Gasteiger partial charge < -0.3 is 14.6 Å². The van der Waals surface area contributed by atoms with Crippen molar-refractivity contribution in [2.75, 3.05) is 14.2 Å². The summed E-state index contributed by atoms with van der Waals surface area (Å²) in [4.78, 5) is 31.4. The lowest BCUT2D eigenvalue weighted by Crippen LogP contribution is -2.39. The van der Waals surface area contributed by atoms with Gasteiger partial charge >= 0.3 is 5.97 Å². The number of aromatic hydroxyl groups is 1. The Morgan fingerprint density at radius 1 is 1.18 bits per heavy atom. The van der Waals surface area contributed by atoms with E-state index in [0.29, 0.717) is 37.8 Å². The molecule has 0 fully saturated rings. The van der Waals surface area contributed by atoms with Gasteiger partial charge in [-0.3, -0.25) is 9.36 Å². The molecule has 1 unspecified atom stereocenters. The smallest absolute Gasteiger partial charge is 0.338 e. The minimum atomic E-state index is -0.656. The number of carbonyl (C=O) groups is 1. The fourth-order valence-corrected chi connectivity index (χ4v) is 5.07. The number of ether oxygens (including phenoxy) is 2. The van der Waals surface area contributed by atoms with Gasteiger partial charge in [-0.15, -0.1) is 0 Å². The molecule has 0 bridgehead atoms. The van der Waals surface area contributed by atoms with Gasteiger partial charge in [-0.2, -0.15) is 0 Å². The lowest BCUT2D eigenvalue weighted by Gasteiger charge is -2.24. The number of fused-ring (bicyclic) bond motifs is 1. The van der Waals surface area contributed by atoms with Crippen molar-refractivity contribution in [2.24, 2.45) is 4.99 Å². The highest BCUT2D eigenvalue weighted by Gasteiger charge is 2.33. The predicted octanol–water partition coefficient (Wildman–Crippen LogP) is 3.25. The zero-order valence-electron chi connectivity index (χ0n) is 19.7. The maximum absolute atomic E-state index is 13.6. The predicted molar refractivity (Wildman–Crippen MR) is 131 cm³/mol. The molecular weight excluding hydrogens is 452 g/mol. The van der Waals surface area contributed by atoms with E-state index in [1.54, 1.807) is 29.7 Å². The first-order valence-corrected chi connectivity index (χ1v) is 11.6. The van der Waals surface area contributed by atoms with E-state index in [1.165, 1.54) is 31.6 Å². The van der Waals surface area contributed by atoms with Gasteiger partial charge in [0.1, 0.15) is 0 Å². The maximum atomic E-state index is 13.6. The normalized spacial score (nSPS) is 15.8. The van der Waals surface area contributed by atoms with E-state index in [9.17, 15) is 14.7 Å². The van der Waals surface area contributed by atoms with Crippen LogP contribution in [0.2, 0.25) is 0 Å². The lowest BCUT2D eigenvalue weighted by atomic mass is 9.93. The molecule has 0 saturated carbocycles. The van der Waals surface area contributed by atoms with Crippen molar-refractivity contribution >= 4 is 23.4 Å². The van der Waals surface area contributed by atoms with Gasteiger partial charge in [0.15, 0.2) is 16.3 Å². The monoisotopic (exact) mass is 478 g/mol. The van der Waals surface area contributed by atoms with Crippen LogP contribution in [0.4, 0.5) is 0 Å². The molecule has 2 aromatic carbocycles. The topological polar surface area (TPSA) is 90.1 Å². The number of thiazole rings is 1. The lowest BCUT2D eigenvalue weighted by molar-refractivity contribution is -0.136. The first-order chi connectivity index (χ1) is 16.2. The minimum absolute atomic E-state index is 0.0176. The average Bonchev–Trinajstić information content (AvgIpc) is 3.12. The molecule has 0 aliphatic carbocycles. The minimum Gasteiger partial charge on any atom is -0.504 e. The quantitative estimate of drug-likeness (QED) is 0.569. The van der Waals surface area contributed by atoms with Crippen LogP contribution in [-0.2, 0) is 9.53 Å². The van der Waals surface area contributed by atoms with Crippen LogP contribution >= 0.6 is 11.3 Å². The summed E-state index contributed by atoms with van der Waals surface area (Å²) >= 11 is 1.23. The van der Waals surface area contributed by atoms with E-state index >= 15 is 0 Å². The summed E-state index contributed by atoms with van der Waals surface area (Å²) < 4.78 is 12.1. The van der Waals surface area contributed by atoms with Crippen molar-refractivity contribution < 1.29 is 19.4 Å². The van der Waals surface area contributed by atoms with Crippen molar-refractivity contribution in [3.05, 3.63) is 90.1 Å². The summed E-state index contributed by atoms with van der Waals surface area (Å²) in [5.74, 6) is 0.167. The Morgan fingerprint density at radius 3 is 2.47 bits per heavy atom. The second kappa shape index (κ2) is 9.30. The SMILES string of the molecule is COC(=O)C1=C(C)N=c2sc(=Cc3ccc(OC)c(O)c3)c(=O)n2C1c1ccc(C(C)C)cc1. The number of rotatable bonds is 5. The van der Waals surface area contributed by atoms with Gasteiger partial charge in [0.05, 0.1) is 36.1 Å². The van der Waals surface area contributed by atoms with Crippen LogP contribution in [0.3, 0.4) is 0 Å². The van der Waals surface area contributed by atoms with Crippen molar-refractivity contribution in [3.8, 4) is 11.5 Å². The molecule has 2 heterocycles. The van der Waals surface area contributed by atoms with Crippen LogP contribution in [0.25, 0.3) is 6.08 Å². The first kappa shape index (κ1) is 23.5. The molecule has 8 heteroatoms. The van der Waals surface area contributed by atoms with E-state index < -0.39 is 12.0 Å². The number of carbonyl (C=O) groups excluding carboxylic acids is 1. The molecule has 1 atom stereocenters. The van der Waals surface area contributed by atoms with Crippen LogP contribution < -0.4 is 19.6 Å². The highest BCUT2D eigenvalue weighted by molar-refractivity contribution is 7.07. The zero-order chi connectivity index (χ0) is 24.6. The van der Waals surface area contributed by atoms with E-state index in [1.807, 2.05) is 24.3 Å². The maximum Gasteiger partial charge on any atom is 0.338 e. The summed E-state index contributed by atoms with van der Waals surface area (Å²) in [6.07, 6.45) is 1.69. The second-order valence-corrected chi connectivity index (χ2v) is 9.34. The third-order valence-electron chi connectivity index (χ3n) is 5.85. The molecule has 0 amide bonds. The number of phenols is 1. The Labute approximate surface area is 200 Å². The molecular formula is C26H26N2O5S. The largest absolute Gasteiger partial charge is 0.504 e. The van der Waals surface area contributed by atoms with E-state index in [0.717, 1.165) is 11.1 Å². The molecule has 176 valence electrons. The van der Waals surface area contributed by atoms with Gasteiger partial charge in [0.25, 0.3) is 5.56 Å². The second-order valence-electron chi connectivity index (χ2n) is 8.33. The molecule has 34 heavy (non-hydrogen) atoms. The summed E-state index contributed by atoms with van der Waals surface area (Å²) in [6.45, 7) is 5.97. The Kier molecular flexibility index (Phi) is 6.43. The molecule has 3 aromatic rings. The number of hydrogen-bond acceptors (Lipinski definition) is 7. The Bertz CT molecular complexity index is 1460. The summed E-state index contributed by atoms with van der Waals surface area (Å²) in [5.41, 5.74) is 3.18. The van der Waals surface area contributed by atoms with E-state index in [2.05, 4.69) is 18.8 Å². The highest BCUT2D eigenvalue weighted by atomic mass is 32.1. The standard InChI is InChI=1S/C26H26N2O5S/c1-14(2)17-7-9-18(10-8-17)23-22(25(31)33-5)15(3)27-26-28(23)24(30)21(34-26)13-16-6-11-20(32-4)19(29)12-16/h6-14,23,29H,1-5H3. The van der Waals surface area contributed by atoms with Crippen molar-refractivity contribution in [1.29, 1.82) is 0 Å². The van der Waals surface area contributed by atoms with Crippen LogP contribution in [0.15, 0.2) is 63.5 Å². The number of esters is 1. The van der Waals surface area contributed by atoms with Crippen LogP contribution in [0, 0.1) is 0 Å². The molecule has 0 saturated heterocycles. The Morgan fingerprint density at radius 2 is 1.88 bits per heavy atom. The number of hydrogen-bond donors (Lipinski definition) is 1. The Balaban J connectivity index is 1.92. The third kappa shape index (κ3) is 4.17.